The van der Waals surface area contributed by atoms with Gasteiger partial charge in [0.1, 0.15) is 0 Å². The molecule has 0 radical (unpaired) electrons. The molecule has 86 valence electrons. The minimum atomic E-state index is -1.63. The van der Waals surface area contributed by atoms with Gasteiger partial charge in [0.2, 0.25) is 0 Å². The van der Waals surface area contributed by atoms with Crippen LogP contribution in [-0.4, -0.2) is 71.1 Å². The summed E-state index contributed by atoms with van der Waals surface area (Å²) in [5.41, 5.74) is 5.60. The summed E-state index contributed by atoms with van der Waals surface area (Å²) in [6, 6.07) is 1.19. The highest BCUT2D eigenvalue weighted by Gasteiger charge is 2.41. The van der Waals surface area contributed by atoms with E-state index in [0.29, 0.717) is 0 Å². The molecule has 0 saturated heterocycles. The molecule has 0 unspecified atom stereocenters. The number of hydrogen-bond donors (Lipinski definition) is 1. The monoisotopic (exact) mass is 218 g/mol. The third-order valence-corrected chi connectivity index (χ3v) is 8.19. The molecule has 0 amide bonds. The number of rotatable bonds is 6. The van der Waals surface area contributed by atoms with E-state index in [1.54, 1.807) is 0 Å². The third kappa shape index (κ3) is 2.77. The van der Waals surface area contributed by atoms with Crippen molar-refractivity contribution in [1.29, 1.82) is 0 Å². The lowest BCUT2D eigenvalue weighted by Gasteiger charge is -2.46. The van der Waals surface area contributed by atoms with Gasteiger partial charge in [0.25, 0.3) is 8.56 Å². The van der Waals surface area contributed by atoms with E-state index in [-0.39, 0.29) is 0 Å². The average Bonchev–Trinajstić information content (AvgIpc) is 2.03. The van der Waals surface area contributed by atoms with Gasteiger partial charge in [-0.25, -0.2) is 0 Å². The van der Waals surface area contributed by atoms with Crippen LogP contribution >= 0.6 is 0 Å². The molecule has 0 aromatic heterocycles. The van der Waals surface area contributed by atoms with Gasteiger partial charge in [-0.15, -0.1) is 0 Å². The summed E-state index contributed by atoms with van der Waals surface area (Å²) in [5.74, 6) is 0. The first-order valence-corrected chi connectivity index (χ1v) is 7.16. The first kappa shape index (κ1) is 14.1. The molecule has 0 aliphatic carbocycles. The summed E-state index contributed by atoms with van der Waals surface area (Å²) in [6.45, 7) is 0.782. The maximum absolute atomic E-state index is 5.60. The molecule has 0 heterocycles. The summed E-state index contributed by atoms with van der Waals surface area (Å²) in [7, 11) is 11.4. The van der Waals surface area contributed by atoms with Crippen molar-refractivity contribution < 1.29 is 0 Å². The van der Waals surface area contributed by atoms with Crippen LogP contribution in [0.25, 0.3) is 0 Å². The van der Waals surface area contributed by atoms with Gasteiger partial charge < -0.3 is 19.4 Å². The van der Waals surface area contributed by atoms with Crippen molar-refractivity contribution in [2.45, 2.75) is 12.5 Å². The number of hydrogen-bond acceptors (Lipinski definition) is 4. The van der Waals surface area contributed by atoms with Crippen LogP contribution in [0.3, 0.4) is 0 Å². The molecule has 5 heteroatoms. The minimum absolute atomic E-state index is 0.782. The molecule has 0 saturated carbocycles. The second-order valence-electron chi connectivity index (χ2n) is 4.35. The first-order valence-electron chi connectivity index (χ1n) is 5.12. The van der Waals surface area contributed by atoms with Crippen LogP contribution in [0.5, 0.6) is 0 Å². The fraction of sp³-hybridized carbons (Fsp3) is 1.00. The average molecular weight is 218 g/mol. The van der Waals surface area contributed by atoms with Crippen LogP contribution in [0, 0.1) is 0 Å². The molecule has 0 aliphatic heterocycles. The highest BCUT2D eigenvalue weighted by Crippen LogP contribution is 2.19. The molecule has 0 spiro atoms. The predicted molar refractivity (Wildman–Crippen MR) is 65.3 cm³/mol. The molecule has 0 fully saturated rings. The van der Waals surface area contributed by atoms with Crippen molar-refractivity contribution >= 4 is 8.56 Å². The molecule has 0 atom stereocenters. The molecule has 0 aromatic rings. The predicted octanol–water partition coefficient (Wildman–Crippen LogP) is -0.0411. The van der Waals surface area contributed by atoms with Gasteiger partial charge in [0, 0.05) is 0 Å². The molecule has 4 nitrogen and oxygen atoms in total. The van der Waals surface area contributed by atoms with Gasteiger partial charge >= 0.3 is 0 Å². The zero-order valence-corrected chi connectivity index (χ0v) is 11.5. The lowest BCUT2D eigenvalue weighted by atomic mass is 10.5. The molecule has 0 aliphatic rings. The quantitative estimate of drug-likeness (QED) is 0.635. The standard InChI is InChI=1S/C9H26N4Si/c1-11(2)14(12(3)4,13(5)6)9-7-8-10/h7-10H2,1-6H3. The van der Waals surface area contributed by atoms with Crippen LogP contribution in [0.2, 0.25) is 6.04 Å². The molecular formula is C9H26N4Si. The van der Waals surface area contributed by atoms with Crippen molar-refractivity contribution in [3.63, 3.8) is 0 Å². The Morgan fingerprint density at radius 3 is 1.43 bits per heavy atom. The van der Waals surface area contributed by atoms with Gasteiger partial charge in [-0.2, -0.15) is 0 Å². The van der Waals surface area contributed by atoms with Gasteiger partial charge in [-0.05, 0) is 61.3 Å². The Hall–Kier alpha value is 0.0569. The lowest BCUT2D eigenvalue weighted by molar-refractivity contribution is 0.374. The van der Waals surface area contributed by atoms with Gasteiger partial charge in [0.05, 0.1) is 0 Å². The summed E-state index contributed by atoms with van der Waals surface area (Å²) >= 11 is 0. The SMILES string of the molecule is CN(C)[Si](CCCN)(N(C)C)N(C)C. The second-order valence-corrected chi connectivity index (χ2v) is 9.08. The molecule has 0 bridgehead atoms. The van der Waals surface area contributed by atoms with Crippen molar-refractivity contribution in [3.05, 3.63) is 0 Å². The van der Waals surface area contributed by atoms with Crippen LogP contribution < -0.4 is 5.73 Å². The third-order valence-electron chi connectivity index (χ3n) is 2.86. The highest BCUT2D eigenvalue weighted by molar-refractivity contribution is 6.71. The highest BCUT2D eigenvalue weighted by atomic mass is 28.4. The van der Waals surface area contributed by atoms with Crippen molar-refractivity contribution in [3.8, 4) is 0 Å². The Balaban J connectivity index is 4.76. The summed E-state index contributed by atoms with van der Waals surface area (Å²) in [4.78, 5) is 0. The maximum Gasteiger partial charge on any atom is 0.288 e. The van der Waals surface area contributed by atoms with Crippen molar-refractivity contribution in [2.24, 2.45) is 5.73 Å². The maximum atomic E-state index is 5.60. The zero-order chi connectivity index (χ0) is 11.4. The first-order chi connectivity index (χ1) is 6.39. The minimum Gasteiger partial charge on any atom is -0.330 e. The summed E-state index contributed by atoms with van der Waals surface area (Å²) in [6.07, 6.45) is 1.10. The van der Waals surface area contributed by atoms with E-state index in [2.05, 4.69) is 56.0 Å². The van der Waals surface area contributed by atoms with Crippen molar-refractivity contribution in [2.75, 3.05) is 48.8 Å². The van der Waals surface area contributed by atoms with E-state index in [9.17, 15) is 0 Å². The molecule has 14 heavy (non-hydrogen) atoms. The Morgan fingerprint density at radius 2 is 1.21 bits per heavy atom. The lowest BCUT2D eigenvalue weighted by Crippen LogP contribution is -2.69. The van der Waals surface area contributed by atoms with Crippen LogP contribution in [0.4, 0.5) is 0 Å². The zero-order valence-electron chi connectivity index (χ0n) is 10.5. The van der Waals surface area contributed by atoms with E-state index in [1.165, 1.54) is 6.04 Å². The van der Waals surface area contributed by atoms with E-state index in [1.807, 2.05) is 0 Å². The molecular weight excluding hydrogens is 192 g/mol. The summed E-state index contributed by atoms with van der Waals surface area (Å²) < 4.78 is 7.13. The topological polar surface area (TPSA) is 35.7 Å². The number of nitrogens with zero attached hydrogens (tertiary/aromatic N) is 3. The molecule has 2 N–H and O–H groups in total. The fourth-order valence-electron chi connectivity index (χ4n) is 2.21. The smallest absolute Gasteiger partial charge is 0.288 e. The summed E-state index contributed by atoms with van der Waals surface area (Å²) in [5, 5.41) is 0. The number of nitrogens with two attached hydrogens (primary N) is 1. The second kappa shape index (κ2) is 5.82. The Labute approximate surface area is 89.9 Å². The fourth-order valence-corrected chi connectivity index (χ4v) is 6.63. The largest absolute Gasteiger partial charge is 0.330 e. The Morgan fingerprint density at radius 1 is 0.857 bits per heavy atom. The van der Waals surface area contributed by atoms with Gasteiger partial charge in [0.15, 0.2) is 0 Å². The molecule has 0 aromatic carbocycles. The van der Waals surface area contributed by atoms with Gasteiger partial charge in [-0.3, -0.25) is 0 Å². The van der Waals surface area contributed by atoms with E-state index < -0.39 is 8.56 Å². The molecule has 0 rings (SSSR count). The van der Waals surface area contributed by atoms with E-state index in [4.69, 9.17) is 5.73 Å². The van der Waals surface area contributed by atoms with Crippen molar-refractivity contribution in [1.82, 2.24) is 13.7 Å². The van der Waals surface area contributed by atoms with Crippen LogP contribution in [0.15, 0.2) is 0 Å². The Kier molecular flexibility index (Phi) is 5.85. The van der Waals surface area contributed by atoms with Crippen LogP contribution in [-0.2, 0) is 0 Å². The van der Waals surface area contributed by atoms with E-state index in [0.717, 1.165) is 13.0 Å². The van der Waals surface area contributed by atoms with Gasteiger partial charge in [-0.1, -0.05) is 0 Å². The normalized spacial score (nSPS) is 13.3. The van der Waals surface area contributed by atoms with Crippen LogP contribution in [0.1, 0.15) is 6.42 Å². The Bertz CT molecular complexity index is 137. The van der Waals surface area contributed by atoms with E-state index >= 15 is 0 Å².